The summed E-state index contributed by atoms with van der Waals surface area (Å²) in [6.45, 7) is 3.56. The number of halogens is 1. The number of benzene rings is 1. The largest absolute Gasteiger partial charge is 0.383 e. The Bertz CT molecular complexity index is 527. The van der Waals surface area contributed by atoms with Gasteiger partial charge in [-0.1, -0.05) is 34.1 Å². The molecule has 5 heteroatoms. The van der Waals surface area contributed by atoms with Crippen molar-refractivity contribution in [3.8, 4) is 0 Å². The summed E-state index contributed by atoms with van der Waals surface area (Å²) in [5.41, 5.74) is 2.24. The number of methoxy groups -OCH3 is 1. The molecule has 1 atom stereocenters. The van der Waals surface area contributed by atoms with Crippen LogP contribution in [-0.4, -0.2) is 23.5 Å². The molecule has 2 rings (SSSR count). The van der Waals surface area contributed by atoms with Gasteiger partial charge in [-0.2, -0.15) is 5.10 Å². The molecule has 0 fully saturated rings. The van der Waals surface area contributed by atoms with Gasteiger partial charge in [0.15, 0.2) is 0 Å². The van der Waals surface area contributed by atoms with E-state index in [9.17, 15) is 0 Å². The minimum atomic E-state index is 0.218. The van der Waals surface area contributed by atoms with E-state index in [0.717, 1.165) is 16.7 Å². The molecule has 0 saturated heterocycles. The maximum Gasteiger partial charge on any atom is 0.0731 e. The Morgan fingerprint density at radius 2 is 2.21 bits per heavy atom. The van der Waals surface area contributed by atoms with Gasteiger partial charge in [0.25, 0.3) is 0 Å². The molecule has 1 heterocycles. The summed E-state index contributed by atoms with van der Waals surface area (Å²) in [4.78, 5) is 0. The topological polar surface area (TPSA) is 39.1 Å². The predicted octanol–water partition coefficient (Wildman–Crippen LogP) is 3.47. The van der Waals surface area contributed by atoms with Crippen LogP contribution < -0.4 is 5.32 Å². The van der Waals surface area contributed by atoms with Gasteiger partial charge in [-0.3, -0.25) is 4.68 Å². The van der Waals surface area contributed by atoms with Crippen LogP contribution in [0.3, 0.4) is 0 Å². The first-order valence-electron chi connectivity index (χ1n) is 6.23. The van der Waals surface area contributed by atoms with Crippen molar-refractivity contribution in [3.63, 3.8) is 0 Å². The number of nitrogens with one attached hydrogen (secondary N) is 1. The summed E-state index contributed by atoms with van der Waals surface area (Å²) in [5, 5.41) is 7.73. The second kappa shape index (κ2) is 6.73. The molecule has 0 amide bonds. The standard InChI is InChI=1S/C14H18BrN3O/c1-11(13-5-3-4-6-14(13)15)17-12-9-16-18(10-12)7-8-19-2/h3-6,9-11,17H,7-8H2,1-2H3. The van der Waals surface area contributed by atoms with Crippen molar-refractivity contribution in [2.24, 2.45) is 0 Å². The second-order valence-corrected chi connectivity index (χ2v) is 5.23. The Kier molecular flexibility index (Phi) is 4.99. The first-order valence-corrected chi connectivity index (χ1v) is 7.02. The van der Waals surface area contributed by atoms with Crippen LogP contribution in [-0.2, 0) is 11.3 Å². The molecular weight excluding hydrogens is 306 g/mol. The van der Waals surface area contributed by atoms with Crippen molar-refractivity contribution in [1.29, 1.82) is 0 Å². The van der Waals surface area contributed by atoms with Crippen LogP contribution in [0.2, 0.25) is 0 Å². The lowest BCUT2D eigenvalue weighted by Crippen LogP contribution is -2.07. The smallest absolute Gasteiger partial charge is 0.0731 e. The monoisotopic (exact) mass is 323 g/mol. The highest BCUT2D eigenvalue weighted by Crippen LogP contribution is 2.25. The summed E-state index contributed by atoms with van der Waals surface area (Å²) in [5.74, 6) is 0. The highest BCUT2D eigenvalue weighted by molar-refractivity contribution is 9.10. The Balaban J connectivity index is 2.01. The molecule has 0 bridgehead atoms. The fourth-order valence-corrected chi connectivity index (χ4v) is 2.53. The van der Waals surface area contributed by atoms with E-state index < -0.39 is 0 Å². The third kappa shape index (κ3) is 3.81. The summed E-state index contributed by atoms with van der Waals surface area (Å²) < 4.78 is 8.02. The van der Waals surface area contributed by atoms with Gasteiger partial charge in [0, 0.05) is 23.8 Å². The van der Waals surface area contributed by atoms with E-state index in [4.69, 9.17) is 4.74 Å². The minimum Gasteiger partial charge on any atom is -0.383 e. The molecule has 102 valence electrons. The van der Waals surface area contributed by atoms with Crippen molar-refractivity contribution >= 4 is 21.6 Å². The Hall–Kier alpha value is -1.33. The van der Waals surface area contributed by atoms with Crippen molar-refractivity contribution < 1.29 is 4.74 Å². The zero-order chi connectivity index (χ0) is 13.7. The Morgan fingerprint density at radius 1 is 1.42 bits per heavy atom. The van der Waals surface area contributed by atoms with Gasteiger partial charge in [0.2, 0.25) is 0 Å². The van der Waals surface area contributed by atoms with Crippen molar-refractivity contribution in [2.75, 3.05) is 19.0 Å². The fraction of sp³-hybridized carbons (Fsp3) is 0.357. The van der Waals surface area contributed by atoms with E-state index in [2.05, 4.69) is 45.4 Å². The lowest BCUT2D eigenvalue weighted by molar-refractivity contribution is 0.183. The van der Waals surface area contributed by atoms with Crippen LogP contribution >= 0.6 is 15.9 Å². The zero-order valence-corrected chi connectivity index (χ0v) is 12.7. The van der Waals surface area contributed by atoms with Crippen LogP contribution in [0, 0.1) is 0 Å². The van der Waals surface area contributed by atoms with E-state index in [1.807, 2.05) is 29.2 Å². The van der Waals surface area contributed by atoms with Crippen LogP contribution in [0.15, 0.2) is 41.1 Å². The van der Waals surface area contributed by atoms with Crippen molar-refractivity contribution in [3.05, 3.63) is 46.7 Å². The predicted molar refractivity (Wildman–Crippen MR) is 80.3 cm³/mol. The first-order chi connectivity index (χ1) is 9.20. The molecule has 1 aromatic carbocycles. The van der Waals surface area contributed by atoms with Gasteiger partial charge < -0.3 is 10.1 Å². The molecule has 0 radical (unpaired) electrons. The second-order valence-electron chi connectivity index (χ2n) is 4.37. The maximum absolute atomic E-state index is 5.03. The first kappa shape index (κ1) is 14.1. The summed E-state index contributed by atoms with van der Waals surface area (Å²) in [6, 6.07) is 8.44. The van der Waals surface area contributed by atoms with E-state index >= 15 is 0 Å². The number of hydrogen-bond donors (Lipinski definition) is 1. The molecule has 1 aromatic heterocycles. The molecule has 0 spiro atoms. The van der Waals surface area contributed by atoms with Gasteiger partial charge in [-0.05, 0) is 18.6 Å². The summed E-state index contributed by atoms with van der Waals surface area (Å²) >= 11 is 3.57. The van der Waals surface area contributed by atoms with Gasteiger partial charge in [0.05, 0.1) is 25.0 Å². The highest BCUT2D eigenvalue weighted by atomic mass is 79.9. The Morgan fingerprint density at radius 3 is 2.95 bits per heavy atom. The normalized spacial score (nSPS) is 12.4. The maximum atomic E-state index is 5.03. The minimum absolute atomic E-state index is 0.218. The lowest BCUT2D eigenvalue weighted by atomic mass is 10.1. The van der Waals surface area contributed by atoms with Crippen molar-refractivity contribution in [2.45, 2.75) is 19.5 Å². The van der Waals surface area contributed by atoms with Gasteiger partial charge in [-0.25, -0.2) is 0 Å². The lowest BCUT2D eigenvalue weighted by Gasteiger charge is -2.15. The van der Waals surface area contributed by atoms with E-state index in [0.29, 0.717) is 6.61 Å². The third-order valence-electron chi connectivity index (χ3n) is 2.91. The summed E-state index contributed by atoms with van der Waals surface area (Å²) in [6.07, 6.45) is 3.83. The third-order valence-corrected chi connectivity index (χ3v) is 3.63. The molecule has 0 saturated carbocycles. The van der Waals surface area contributed by atoms with Crippen LogP contribution in [0.1, 0.15) is 18.5 Å². The van der Waals surface area contributed by atoms with Gasteiger partial charge >= 0.3 is 0 Å². The number of ether oxygens (including phenoxy) is 1. The average molecular weight is 324 g/mol. The molecule has 0 aliphatic heterocycles. The molecule has 1 N–H and O–H groups in total. The number of aromatic nitrogens is 2. The quantitative estimate of drug-likeness (QED) is 0.884. The number of rotatable bonds is 6. The molecule has 1 unspecified atom stereocenters. The number of nitrogens with zero attached hydrogens (tertiary/aromatic N) is 2. The zero-order valence-electron chi connectivity index (χ0n) is 11.1. The van der Waals surface area contributed by atoms with Crippen LogP contribution in [0.4, 0.5) is 5.69 Å². The molecule has 4 nitrogen and oxygen atoms in total. The van der Waals surface area contributed by atoms with E-state index in [1.165, 1.54) is 5.56 Å². The number of hydrogen-bond acceptors (Lipinski definition) is 3. The van der Waals surface area contributed by atoms with Crippen LogP contribution in [0.25, 0.3) is 0 Å². The Labute approximate surface area is 121 Å². The SMILES string of the molecule is COCCn1cc(NC(C)c2ccccc2Br)cn1. The van der Waals surface area contributed by atoms with Crippen LogP contribution in [0.5, 0.6) is 0 Å². The fourth-order valence-electron chi connectivity index (χ4n) is 1.90. The number of anilines is 1. The molecule has 0 aliphatic rings. The van der Waals surface area contributed by atoms with E-state index in [1.54, 1.807) is 7.11 Å². The molecule has 2 aromatic rings. The molecule has 19 heavy (non-hydrogen) atoms. The van der Waals surface area contributed by atoms with Crippen molar-refractivity contribution in [1.82, 2.24) is 9.78 Å². The molecule has 0 aliphatic carbocycles. The molecular formula is C14H18BrN3O. The van der Waals surface area contributed by atoms with Gasteiger partial charge in [-0.15, -0.1) is 0 Å². The highest BCUT2D eigenvalue weighted by Gasteiger charge is 2.09. The summed E-state index contributed by atoms with van der Waals surface area (Å²) in [7, 11) is 1.69. The van der Waals surface area contributed by atoms with Gasteiger partial charge in [0.1, 0.15) is 0 Å². The van der Waals surface area contributed by atoms with E-state index in [-0.39, 0.29) is 6.04 Å². The average Bonchev–Trinajstić information content (AvgIpc) is 2.84.